The average Bonchev–Trinajstić information content (AvgIpc) is 2.69. The Morgan fingerprint density at radius 1 is 1.04 bits per heavy atom. The number of halogens is 2. The Kier molecular flexibility index (Phi) is 8.97. The molecule has 1 aliphatic rings. The van der Waals surface area contributed by atoms with E-state index in [2.05, 4.69) is 9.64 Å². The number of alkyl halides is 2. The van der Waals surface area contributed by atoms with Gasteiger partial charge in [0.1, 0.15) is 5.75 Å². The van der Waals surface area contributed by atoms with Gasteiger partial charge < -0.3 is 24.6 Å². The van der Waals surface area contributed by atoms with E-state index in [1.54, 1.807) is 43.5 Å². The molecule has 0 unspecified atom stereocenters. The molecule has 2 aromatic rings. The normalized spacial score (nSPS) is 15.1. The molecule has 1 aliphatic heterocycles. The highest BCUT2D eigenvalue weighted by Gasteiger charge is 2.24. The van der Waals surface area contributed by atoms with E-state index in [0.717, 1.165) is 32.5 Å². The number of methoxy groups -OCH3 is 1. The maximum atomic E-state index is 12.3. The minimum atomic E-state index is -2.93. The summed E-state index contributed by atoms with van der Waals surface area (Å²) in [5.74, 6) is 0.185. The average molecular weight is 395 g/mol. The van der Waals surface area contributed by atoms with Crippen LogP contribution in [0.4, 0.5) is 8.78 Å². The standard InChI is InChI=1S/C15H21F2NO3.C6H6O/c1-20-10-9-18-7-5-11(6-8-18)12-3-2-4-13(14(12)19)21-15(16)17;7-6-4-2-1-3-5-6/h2-4,11,15,19H,5-10H2,1H3;1-5,7H. The van der Waals surface area contributed by atoms with Gasteiger partial charge in [-0.15, -0.1) is 0 Å². The summed E-state index contributed by atoms with van der Waals surface area (Å²) in [4.78, 5) is 2.30. The molecule has 7 heteroatoms. The highest BCUT2D eigenvalue weighted by atomic mass is 19.3. The summed E-state index contributed by atoms with van der Waals surface area (Å²) in [5, 5.41) is 18.7. The van der Waals surface area contributed by atoms with E-state index in [4.69, 9.17) is 9.84 Å². The first-order valence-electron chi connectivity index (χ1n) is 9.23. The fraction of sp³-hybridized carbons (Fsp3) is 0.429. The zero-order chi connectivity index (χ0) is 20.4. The van der Waals surface area contributed by atoms with Gasteiger partial charge in [0.25, 0.3) is 0 Å². The third-order valence-corrected chi connectivity index (χ3v) is 4.64. The molecule has 0 atom stereocenters. The van der Waals surface area contributed by atoms with Gasteiger partial charge in [0.15, 0.2) is 11.5 Å². The lowest BCUT2D eigenvalue weighted by Crippen LogP contribution is -2.35. The Labute approximate surface area is 164 Å². The van der Waals surface area contributed by atoms with Crippen LogP contribution in [0.2, 0.25) is 0 Å². The van der Waals surface area contributed by atoms with Gasteiger partial charge in [-0.25, -0.2) is 0 Å². The number of para-hydroxylation sites is 2. The topological polar surface area (TPSA) is 62.2 Å². The van der Waals surface area contributed by atoms with E-state index in [1.165, 1.54) is 6.07 Å². The summed E-state index contributed by atoms with van der Waals surface area (Å²) in [6.45, 7) is 0.486. The minimum absolute atomic E-state index is 0.149. The molecule has 0 saturated carbocycles. The zero-order valence-corrected chi connectivity index (χ0v) is 15.9. The highest BCUT2D eigenvalue weighted by Crippen LogP contribution is 2.39. The maximum Gasteiger partial charge on any atom is 0.387 e. The second-order valence-corrected chi connectivity index (χ2v) is 6.52. The maximum absolute atomic E-state index is 12.3. The molecule has 0 amide bonds. The van der Waals surface area contributed by atoms with Crippen LogP contribution in [-0.2, 0) is 4.74 Å². The van der Waals surface area contributed by atoms with Crippen LogP contribution >= 0.6 is 0 Å². The molecule has 0 radical (unpaired) electrons. The van der Waals surface area contributed by atoms with Crippen molar-refractivity contribution in [2.24, 2.45) is 0 Å². The summed E-state index contributed by atoms with van der Waals surface area (Å²) >= 11 is 0. The number of likely N-dealkylation sites (tertiary alicyclic amines) is 1. The minimum Gasteiger partial charge on any atom is -0.508 e. The van der Waals surface area contributed by atoms with Gasteiger partial charge in [-0.3, -0.25) is 0 Å². The molecule has 2 aromatic carbocycles. The van der Waals surface area contributed by atoms with Crippen LogP contribution in [0.1, 0.15) is 24.3 Å². The number of piperidine rings is 1. The van der Waals surface area contributed by atoms with Crippen molar-refractivity contribution in [1.82, 2.24) is 4.90 Å². The predicted octanol–water partition coefficient (Wildman–Crippen LogP) is 4.21. The second kappa shape index (κ2) is 11.5. The lowest BCUT2D eigenvalue weighted by molar-refractivity contribution is -0.0513. The smallest absolute Gasteiger partial charge is 0.387 e. The molecule has 0 aliphatic carbocycles. The van der Waals surface area contributed by atoms with Crippen molar-refractivity contribution in [2.75, 3.05) is 33.4 Å². The van der Waals surface area contributed by atoms with Gasteiger partial charge in [0.2, 0.25) is 0 Å². The van der Waals surface area contributed by atoms with Crippen molar-refractivity contribution in [3.63, 3.8) is 0 Å². The number of benzene rings is 2. The Morgan fingerprint density at radius 2 is 1.71 bits per heavy atom. The zero-order valence-electron chi connectivity index (χ0n) is 15.9. The fourth-order valence-electron chi connectivity index (χ4n) is 3.18. The summed E-state index contributed by atoms with van der Waals surface area (Å²) < 4.78 is 34.0. The summed E-state index contributed by atoms with van der Waals surface area (Å²) in [5.41, 5.74) is 0.694. The Morgan fingerprint density at radius 3 is 2.25 bits per heavy atom. The van der Waals surface area contributed by atoms with E-state index in [1.807, 2.05) is 6.07 Å². The van der Waals surface area contributed by atoms with Crippen LogP contribution < -0.4 is 4.74 Å². The summed E-state index contributed by atoms with van der Waals surface area (Å²) in [7, 11) is 1.68. The monoisotopic (exact) mass is 395 g/mol. The van der Waals surface area contributed by atoms with Crippen molar-refractivity contribution in [3.8, 4) is 17.2 Å². The number of ether oxygens (including phenoxy) is 2. The lowest BCUT2D eigenvalue weighted by atomic mass is 9.88. The molecule has 28 heavy (non-hydrogen) atoms. The van der Waals surface area contributed by atoms with Crippen molar-refractivity contribution in [3.05, 3.63) is 54.1 Å². The van der Waals surface area contributed by atoms with Crippen molar-refractivity contribution >= 4 is 0 Å². The van der Waals surface area contributed by atoms with Gasteiger partial charge in [-0.05, 0) is 50.0 Å². The number of rotatable bonds is 6. The van der Waals surface area contributed by atoms with E-state index in [0.29, 0.717) is 17.9 Å². The molecule has 3 rings (SSSR count). The first-order valence-corrected chi connectivity index (χ1v) is 9.23. The molecule has 5 nitrogen and oxygen atoms in total. The molecule has 2 N–H and O–H groups in total. The van der Waals surface area contributed by atoms with Gasteiger partial charge >= 0.3 is 6.61 Å². The fourth-order valence-corrected chi connectivity index (χ4v) is 3.18. The van der Waals surface area contributed by atoms with Gasteiger partial charge in [-0.2, -0.15) is 8.78 Å². The molecule has 154 valence electrons. The van der Waals surface area contributed by atoms with E-state index < -0.39 is 6.61 Å². The second-order valence-electron chi connectivity index (χ2n) is 6.52. The Bertz CT molecular complexity index is 692. The van der Waals surface area contributed by atoms with Gasteiger partial charge in [-0.1, -0.05) is 30.3 Å². The van der Waals surface area contributed by atoms with Crippen LogP contribution in [0.25, 0.3) is 0 Å². The third-order valence-electron chi connectivity index (χ3n) is 4.64. The number of phenols is 2. The molecular formula is C21H27F2NO4. The van der Waals surface area contributed by atoms with Crippen LogP contribution in [0.15, 0.2) is 48.5 Å². The molecule has 1 heterocycles. The van der Waals surface area contributed by atoms with Gasteiger partial charge in [0.05, 0.1) is 6.61 Å². The van der Waals surface area contributed by atoms with Crippen molar-refractivity contribution < 1.29 is 28.5 Å². The van der Waals surface area contributed by atoms with Crippen LogP contribution in [0, 0.1) is 0 Å². The number of phenolic OH excluding ortho intramolecular Hbond substituents is 2. The Balaban J connectivity index is 0.000000336. The molecule has 0 aromatic heterocycles. The lowest BCUT2D eigenvalue weighted by Gasteiger charge is -2.32. The van der Waals surface area contributed by atoms with E-state index in [9.17, 15) is 13.9 Å². The first kappa shape index (κ1) is 21.9. The quantitative estimate of drug-likeness (QED) is 0.767. The van der Waals surface area contributed by atoms with Crippen LogP contribution in [-0.4, -0.2) is 55.1 Å². The van der Waals surface area contributed by atoms with Crippen LogP contribution in [0.5, 0.6) is 17.2 Å². The largest absolute Gasteiger partial charge is 0.508 e. The van der Waals surface area contributed by atoms with Crippen LogP contribution in [0.3, 0.4) is 0 Å². The van der Waals surface area contributed by atoms with Gasteiger partial charge in [0, 0.05) is 19.2 Å². The first-order chi connectivity index (χ1) is 13.5. The van der Waals surface area contributed by atoms with E-state index in [-0.39, 0.29) is 17.4 Å². The highest BCUT2D eigenvalue weighted by molar-refractivity contribution is 5.47. The molecule has 0 bridgehead atoms. The predicted molar refractivity (Wildman–Crippen MR) is 103 cm³/mol. The molecule has 1 saturated heterocycles. The van der Waals surface area contributed by atoms with Crippen molar-refractivity contribution in [2.45, 2.75) is 25.4 Å². The number of nitrogens with zero attached hydrogens (tertiary/aromatic N) is 1. The summed E-state index contributed by atoms with van der Waals surface area (Å²) in [6, 6.07) is 13.5. The number of hydrogen-bond acceptors (Lipinski definition) is 5. The molecule has 0 spiro atoms. The third kappa shape index (κ3) is 6.98. The van der Waals surface area contributed by atoms with Crippen molar-refractivity contribution in [1.29, 1.82) is 0 Å². The molecular weight excluding hydrogens is 368 g/mol. The number of aromatic hydroxyl groups is 2. The van der Waals surface area contributed by atoms with E-state index >= 15 is 0 Å². The SMILES string of the molecule is COCCN1CCC(c2cccc(OC(F)F)c2O)CC1.Oc1ccccc1. The number of hydrogen-bond donors (Lipinski definition) is 2. The summed E-state index contributed by atoms with van der Waals surface area (Å²) in [6.07, 6.45) is 1.77. The molecule has 1 fully saturated rings. The Hall–Kier alpha value is -2.38.